The molecular formula is C11H16N2O. The minimum Gasteiger partial charge on any atom is -0.460 e. The van der Waals surface area contributed by atoms with Gasteiger partial charge in [-0.2, -0.15) is 5.10 Å². The third-order valence-electron chi connectivity index (χ3n) is 2.44. The Morgan fingerprint density at radius 3 is 2.71 bits per heavy atom. The van der Waals surface area contributed by atoms with Crippen LogP contribution in [-0.4, -0.2) is 24.3 Å². The Bertz CT molecular complexity index is 311. The predicted octanol–water partition coefficient (Wildman–Crippen LogP) is 2.41. The van der Waals surface area contributed by atoms with Crippen LogP contribution in [-0.2, 0) is 0 Å². The van der Waals surface area contributed by atoms with Gasteiger partial charge in [0.05, 0.1) is 6.21 Å². The second-order valence-corrected chi connectivity index (χ2v) is 3.71. The van der Waals surface area contributed by atoms with Gasteiger partial charge in [0.15, 0.2) is 0 Å². The summed E-state index contributed by atoms with van der Waals surface area (Å²) in [6.45, 7) is 4.10. The molecule has 1 aromatic rings. The molecule has 0 radical (unpaired) electrons. The van der Waals surface area contributed by atoms with E-state index in [4.69, 9.17) is 4.42 Å². The van der Waals surface area contributed by atoms with Crippen molar-refractivity contribution >= 4 is 6.21 Å². The quantitative estimate of drug-likeness (QED) is 0.673. The summed E-state index contributed by atoms with van der Waals surface area (Å²) < 4.78 is 5.40. The first-order valence-corrected chi connectivity index (χ1v) is 5.20. The summed E-state index contributed by atoms with van der Waals surface area (Å²) >= 11 is 0. The molecule has 1 fully saturated rings. The van der Waals surface area contributed by atoms with Gasteiger partial charge in [0, 0.05) is 13.1 Å². The zero-order valence-corrected chi connectivity index (χ0v) is 8.57. The molecule has 0 aliphatic carbocycles. The third-order valence-corrected chi connectivity index (χ3v) is 2.44. The first kappa shape index (κ1) is 9.31. The van der Waals surface area contributed by atoms with Gasteiger partial charge in [-0.05, 0) is 38.3 Å². The number of hydrazone groups is 1. The maximum Gasteiger partial charge on any atom is 0.147 e. The van der Waals surface area contributed by atoms with Crippen molar-refractivity contribution in [2.24, 2.45) is 5.10 Å². The van der Waals surface area contributed by atoms with Crippen molar-refractivity contribution in [1.82, 2.24) is 5.01 Å². The van der Waals surface area contributed by atoms with E-state index in [9.17, 15) is 0 Å². The Labute approximate surface area is 84.4 Å². The summed E-state index contributed by atoms with van der Waals surface area (Å²) in [5.74, 6) is 1.78. The highest BCUT2D eigenvalue weighted by molar-refractivity contribution is 5.75. The van der Waals surface area contributed by atoms with Gasteiger partial charge in [0.25, 0.3) is 0 Å². The van der Waals surface area contributed by atoms with Crippen LogP contribution in [0.4, 0.5) is 0 Å². The van der Waals surface area contributed by atoms with E-state index >= 15 is 0 Å². The molecule has 0 amide bonds. The predicted molar refractivity (Wildman–Crippen MR) is 56.5 cm³/mol. The molecule has 1 aliphatic heterocycles. The van der Waals surface area contributed by atoms with Crippen LogP contribution in [0, 0.1) is 6.92 Å². The lowest BCUT2D eigenvalue weighted by Gasteiger charge is -2.22. The molecule has 0 spiro atoms. The number of nitrogens with zero attached hydrogens (tertiary/aromatic N) is 2. The van der Waals surface area contributed by atoms with E-state index in [1.54, 1.807) is 6.21 Å². The molecule has 3 heteroatoms. The third kappa shape index (κ3) is 2.37. The van der Waals surface area contributed by atoms with Gasteiger partial charge in [-0.15, -0.1) is 0 Å². The lowest BCUT2D eigenvalue weighted by molar-refractivity contribution is 0.240. The summed E-state index contributed by atoms with van der Waals surface area (Å²) in [4.78, 5) is 0. The van der Waals surface area contributed by atoms with Gasteiger partial charge in [0.1, 0.15) is 11.5 Å². The summed E-state index contributed by atoms with van der Waals surface area (Å²) in [7, 11) is 0. The zero-order valence-electron chi connectivity index (χ0n) is 8.57. The SMILES string of the molecule is Cc1ccc(/C=N/N2CCCCC2)o1. The highest BCUT2D eigenvalue weighted by atomic mass is 16.3. The van der Waals surface area contributed by atoms with E-state index in [-0.39, 0.29) is 0 Å². The average Bonchev–Trinajstić information content (AvgIpc) is 2.63. The van der Waals surface area contributed by atoms with Crippen molar-refractivity contribution in [2.75, 3.05) is 13.1 Å². The van der Waals surface area contributed by atoms with Crippen LogP contribution in [0.5, 0.6) is 0 Å². The van der Waals surface area contributed by atoms with Crippen molar-refractivity contribution in [2.45, 2.75) is 26.2 Å². The number of hydrogen-bond acceptors (Lipinski definition) is 3. The average molecular weight is 192 g/mol. The highest BCUT2D eigenvalue weighted by Gasteiger charge is 2.06. The van der Waals surface area contributed by atoms with Gasteiger partial charge in [-0.25, -0.2) is 0 Å². The topological polar surface area (TPSA) is 28.7 Å². The minimum atomic E-state index is 0.841. The van der Waals surface area contributed by atoms with Gasteiger partial charge in [-0.1, -0.05) is 0 Å². The van der Waals surface area contributed by atoms with Crippen LogP contribution in [0.15, 0.2) is 21.7 Å². The molecule has 76 valence electrons. The van der Waals surface area contributed by atoms with Crippen molar-refractivity contribution in [3.05, 3.63) is 23.7 Å². The molecule has 1 saturated heterocycles. The summed E-state index contributed by atoms with van der Waals surface area (Å²) in [5.41, 5.74) is 0. The number of hydrogen-bond donors (Lipinski definition) is 0. The Morgan fingerprint density at radius 2 is 2.07 bits per heavy atom. The summed E-state index contributed by atoms with van der Waals surface area (Å²) in [5, 5.41) is 6.49. The second kappa shape index (κ2) is 4.31. The largest absolute Gasteiger partial charge is 0.460 e. The fourth-order valence-electron chi connectivity index (χ4n) is 1.65. The highest BCUT2D eigenvalue weighted by Crippen LogP contribution is 2.09. The van der Waals surface area contributed by atoms with Gasteiger partial charge in [0.2, 0.25) is 0 Å². The molecular weight excluding hydrogens is 176 g/mol. The Morgan fingerprint density at radius 1 is 1.29 bits per heavy atom. The number of piperidine rings is 1. The maximum absolute atomic E-state index is 5.40. The van der Waals surface area contributed by atoms with E-state index in [0.29, 0.717) is 0 Å². The summed E-state index contributed by atoms with van der Waals surface area (Å²) in [6.07, 6.45) is 5.66. The molecule has 1 aromatic heterocycles. The molecule has 3 nitrogen and oxygen atoms in total. The molecule has 14 heavy (non-hydrogen) atoms. The van der Waals surface area contributed by atoms with Crippen LogP contribution in [0.1, 0.15) is 30.8 Å². The zero-order chi connectivity index (χ0) is 9.80. The Hall–Kier alpha value is -1.25. The van der Waals surface area contributed by atoms with E-state index in [1.807, 2.05) is 19.1 Å². The Kier molecular flexibility index (Phi) is 2.87. The summed E-state index contributed by atoms with van der Waals surface area (Å²) in [6, 6.07) is 3.90. The van der Waals surface area contributed by atoms with Gasteiger partial charge in [-0.3, -0.25) is 5.01 Å². The van der Waals surface area contributed by atoms with Crippen LogP contribution in [0.3, 0.4) is 0 Å². The molecule has 0 N–H and O–H groups in total. The van der Waals surface area contributed by atoms with E-state index < -0.39 is 0 Å². The number of furan rings is 1. The smallest absolute Gasteiger partial charge is 0.147 e. The second-order valence-electron chi connectivity index (χ2n) is 3.71. The molecule has 0 atom stereocenters. The maximum atomic E-state index is 5.40. The lowest BCUT2D eigenvalue weighted by atomic mass is 10.2. The van der Waals surface area contributed by atoms with Crippen LogP contribution in [0.25, 0.3) is 0 Å². The fourth-order valence-corrected chi connectivity index (χ4v) is 1.65. The molecule has 1 aliphatic rings. The van der Waals surface area contributed by atoms with Crippen LogP contribution >= 0.6 is 0 Å². The molecule has 0 saturated carbocycles. The van der Waals surface area contributed by atoms with Crippen molar-refractivity contribution < 1.29 is 4.42 Å². The number of rotatable bonds is 2. The van der Waals surface area contributed by atoms with E-state index in [2.05, 4.69) is 10.1 Å². The van der Waals surface area contributed by atoms with E-state index in [1.165, 1.54) is 19.3 Å². The fraction of sp³-hybridized carbons (Fsp3) is 0.545. The minimum absolute atomic E-state index is 0.841. The first-order valence-electron chi connectivity index (χ1n) is 5.20. The van der Waals surface area contributed by atoms with Crippen LogP contribution < -0.4 is 0 Å². The number of aryl methyl sites for hydroxylation is 1. The van der Waals surface area contributed by atoms with Crippen LogP contribution in [0.2, 0.25) is 0 Å². The standard InChI is InChI=1S/C11H16N2O/c1-10-5-6-11(14-10)9-12-13-7-3-2-4-8-13/h5-6,9H,2-4,7-8H2,1H3/b12-9+. The van der Waals surface area contributed by atoms with Crippen molar-refractivity contribution in [3.63, 3.8) is 0 Å². The van der Waals surface area contributed by atoms with Crippen molar-refractivity contribution in [3.8, 4) is 0 Å². The Balaban J connectivity index is 1.92. The lowest BCUT2D eigenvalue weighted by Crippen LogP contribution is -2.24. The van der Waals surface area contributed by atoms with E-state index in [0.717, 1.165) is 24.6 Å². The monoisotopic (exact) mass is 192 g/mol. The molecule has 2 heterocycles. The first-order chi connectivity index (χ1) is 6.84. The molecule has 2 rings (SSSR count). The normalized spacial score (nSPS) is 17.9. The molecule has 0 unspecified atom stereocenters. The van der Waals surface area contributed by atoms with Gasteiger partial charge < -0.3 is 4.42 Å². The molecule has 0 aromatic carbocycles. The molecule has 0 bridgehead atoms. The van der Waals surface area contributed by atoms with Crippen molar-refractivity contribution in [1.29, 1.82) is 0 Å². The van der Waals surface area contributed by atoms with Gasteiger partial charge >= 0.3 is 0 Å².